The number of rotatable bonds is 6. The molecule has 2 N–H and O–H groups in total. The number of anilines is 1. The number of fused-ring (bicyclic) bond motifs is 1. The van der Waals surface area contributed by atoms with E-state index in [2.05, 4.69) is 10.6 Å². The molecule has 24 heavy (non-hydrogen) atoms. The maximum atomic E-state index is 13.4. The fourth-order valence-corrected chi connectivity index (χ4v) is 4.31. The van der Waals surface area contributed by atoms with Gasteiger partial charge >= 0.3 is 0 Å². The molecule has 0 aliphatic carbocycles. The average Bonchev–Trinajstić information content (AvgIpc) is 2.45. The molecule has 1 aromatic carbocycles. The van der Waals surface area contributed by atoms with Crippen LogP contribution >= 0.6 is 0 Å². The fourth-order valence-electron chi connectivity index (χ4n) is 2.71. The number of nitrogens with one attached hydrogen (secondary N) is 2. The first kappa shape index (κ1) is 18.4. The lowest BCUT2D eigenvalue weighted by molar-refractivity contribution is -0.126. The third-order valence-corrected chi connectivity index (χ3v) is 5.67. The number of benzene rings is 1. The monoisotopic (exact) mass is 356 g/mol. The Hall–Kier alpha value is -1.96. The van der Waals surface area contributed by atoms with Crippen LogP contribution in [0.3, 0.4) is 0 Å². The molecule has 1 aliphatic rings. The second kappa shape index (κ2) is 7.29. The van der Waals surface area contributed by atoms with Gasteiger partial charge in [-0.15, -0.1) is 0 Å². The van der Waals surface area contributed by atoms with Crippen molar-refractivity contribution in [2.45, 2.75) is 26.2 Å². The highest BCUT2D eigenvalue weighted by molar-refractivity contribution is 7.91. The second-order valence-corrected chi connectivity index (χ2v) is 8.56. The predicted octanol–water partition coefficient (Wildman–Crippen LogP) is 1.44. The topological polar surface area (TPSA) is 92.3 Å². The quantitative estimate of drug-likeness (QED) is 0.807. The van der Waals surface area contributed by atoms with E-state index >= 15 is 0 Å². The molecular formula is C16H21FN2O4S. The summed E-state index contributed by atoms with van der Waals surface area (Å²) in [5, 5.41) is 5.13. The van der Waals surface area contributed by atoms with Crippen LogP contribution in [0.5, 0.6) is 0 Å². The molecule has 1 aliphatic heterocycles. The Morgan fingerprint density at radius 3 is 2.79 bits per heavy atom. The van der Waals surface area contributed by atoms with Crippen LogP contribution in [0.2, 0.25) is 0 Å². The van der Waals surface area contributed by atoms with Crippen molar-refractivity contribution in [2.75, 3.05) is 23.4 Å². The highest BCUT2D eigenvalue weighted by atomic mass is 32.2. The van der Waals surface area contributed by atoms with Crippen LogP contribution in [0.4, 0.5) is 10.1 Å². The molecule has 1 atom stereocenters. The van der Waals surface area contributed by atoms with Crippen LogP contribution < -0.4 is 10.6 Å². The van der Waals surface area contributed by atoms with E-state index in [4.69, 9.17) is 0 Å². The van der Waals surface area contributed by atoms with Crippen LogP contribution in [0.1, 0.15) is 31.7 Å². The molecule has 1 aromatic rings. The summed E-state index contributed by atoms with van der Waals surface area (Å²) in [6, 6.07) is 3.83. The summed E-state index contributed by atoms with van der Waals surface area (Å²) in [6.45, 7) is 3.58. The molecule has 0 fully saturated rings. The summed E-state index contributed by atoms with van der Waals surface area (Å²) in [4.78, 5) is 24.0. The molecule has 0 unspecified atom stereocenters. The summed E-state index contributed by atoms with van der Waals surface area (Å²) in [5.41, 5.74) is 0.803. The predicted molar refractivity (Wildman–Crippen MR) is 88.9 cm³/mol. The summed E-state index contributed by atoms with van der Waals surface area (Å²) >= 11 is 0. The Labute approximate surface area is 140 Å². The number of hydrogen-bond acceptors (Lipinski definition) is 4. The molecule has 0 saturated carbocycles. The first-order chi connectivity index (χ1) is 11.2. The van der Waals surface area contributed by atoms with Crippen molar-refractivity contribution in [3.05, 3.63) is 29.6 Å². The smallest absolute Gasteiger partial charge is 0.228 e. The van der Waals surface area contributed by atoms with Crippen LogP contribution in [0.25, 0.3) is 0 Å². The van der Waals surface area contributed by atoms with Crippen molar-refractivity contribution in [2.24, 2.45) is 5.92 Å². The van der Waals surface area contributed by atoms with Gasteiger partial charge in [0.2, 0.25) is 11.8 Å². The molecular weight excluding hydrogens is 335 g/mol. The number of amides is 2. The third kappa shape index (κ3) is 4.77. The molecule has 1 heterocycles. The lowest BCUT2D eigenvalue weighted by Gasteiger charge is -2.24. The van der Waals surface area contributed by atoms with Crippen molar-refractivity contribution in [1.29, 1.82) is 0 Å². The van der Waals surface area contributed by atoms with Crippen LogP contribution in [-0.2, 0) is 19.4 Å². The number of sulfone groups is 1. The molecule has 0 aromatic heterocycles. The first-order valence-electron chi connectivity index (χ1n) is 7.75. The molecule has 0 bridgehead atoms. The summed E-state index contributed by atoms with van der Waals surface area (Å²) in [5.74, 6) is -2.21. The van der Waals surface area contributed by atoms with Crippen LogP contribution in [0, 0.1) is 11.7 Å². The SMILES string of the molecule is CC(C)CS(=O)(=O)CCNC(=O)[C@@H]1CC(=O)Nc2ccc(F)cc21. The lowest BCUT2D eigenvalue weighted by atomic mass is 9.89. The minimum atomic E-state index is -3.24. The van der Waals surface area contributed by atoms with Gasteiger partial charge in [0.15, 0.2) is 9.84 Å². The van der Waals surface area contributed by atoms with Gasteiger partial charge < -0.3 is 10.6 Å². The molecule has 0 saturated heterocycles. The van der Waals surface area contributed by atoms with E-state index in [-0.39, 0.29) is 36.3 Å². The molecule has 2 amide bonds. The summed E-state index contributed by atoms with van der Waals surface area (Å²) in [6.07, 6.45) is -0.0962. The van der Waals surface area contributed by atoms with Gasteiger partial charge in [-0.3, -0.25) is 9.59 Å². The number of carbonyl (C=O) groups is 2. The zero-order valence-electron chi connectivity index (χ0n) is 13.6. The molecule has 8 heteroatoms. The van der Waals surface area contributed by atoms with E-state index in [0.29, 0.717) is 11.3 Å². The summed E-state index contributed by atoms with van der Waals surface area (Å²) < 4.78 is 37.1. The number of carbonyl (C=O) groups excluding carboxylic acids is 2. The maximum Gasteiger partial charge on any atom is 0.228 e. The Balaban J connectivity index is 2.03. The van der Waals surface area contributed by atoms with E-state index in [1.807, 2.05) is 13.8 Å². The first-order valence-corrected chi connectivity index (χ1v) is 9.57. The molecule has 132 valence electrons. The van der Waals surface area contributed by atoms with Gasteiger partial charge in [-0.25, -0.2) is 12.8 Å². The van der Waals surface area contributed by atoms with Gasteiger partial charge in [-0.05, 0) is 29.7 Å². The van der Waals surface area contributed by atoms with Crippen molar-refractivity contribution >= 4 is 27.3 Å². The molecule has 0 radical (unpaired) electrons. The van der Waals surface area contributed by atoms with Crippen LogP contribution in [-0.4, -0.2) is 38.3 Å². The number of hydrogen-bond donors (Lipinski definition) is 2. The highest BCUT2D eigenvalue weighted by Crippen LogP contribution is 2.32. The zero-order chi connectivity index (χ0) is 17.9. The Kier molecular flexibility index (Phi) is 5.58. The lowest BCUT2D eigenvalue weighted by Crippen LogP contribution is -2.37. The number of halogens is 1. The van der Waals surface area contributed by atoms with Gasteiger partial charge in [0.05, 0.1) is 17.4 Å². The normalized spacial score (nSPS) is 17.3. The summed E-state index contributed by atoms with van der Waals surface area (Å²) in [7, 11) is -3.24. The van der Waals surface area contributed by atoms with Crippen molar-refractivity contribution in [1.82, 2.24) is 5.32 Å². The molecule has 0 spiro atoms. The van der Waals surface area contributed by atoms with Crippen molar-refractivity contribution in [3.63, 3.8) is 0 Å². The van der Waals surface area contributed by atoms with E-state index in [0.717, 1.165) is 0 Å². The van der Waals surface area contributed by atoms with E-state index in [1.165, 1.54) is 18.2 Å². The standard InChI is InChI=1S/C16H21FN2O4S/c1-10(2)9-24(22,23)6-5-18-16(21)13-8-15(20)19-14-4-3-11(17)7-12(13)14/h3-4,7,10,13H,5-6,8-9H2,1-2H3,(H,18,21)(H,19,20)/t13-/m1/s1. The molecule has 6 nitrogen and oxygen atoms in total. The third-order valence-electron chi connectivity index (χ3n) is 3.67. The Morgan fingerprint density at radius 2 is 2.12 bits per heavy atom. The largest absolute Gasteiger partial charge is 0.355 e. The van der Waals surface area contributed by atoms with E-state index in [1.54, 1.807) is 0 Å². The molecule has 2 rings (SSSR count). The van der Waals surface area contributed by atoms with Gasteiger partial charge in [0.25, 0.3) is 0 Å². The van der Waals surface area contributed by atoms with Crippen molar-refractivity contribution < 1.29 is 22.4 Å². The second-order valence-electron chi connectivity index (χ2n) is 6.34. The van der Waals surface area contributed by atoms with E-state index < -0.39 is 27.5 Å². The van der Waals surface area contributed by atoms with Gasteiger partial charge in [0, 0.05) is 18.7 Å². The average molecular weight is 356 g/mol. The van der Waals surface area contributed by atoms with Gasteiger partial charge in [-0.1, -0.05) is 13.8 Å². The Bertz CT molecular complexity index is 746. The van der Waals surface area contributed by atoms with Gasteiger partial charge in [0.1, 0.15) is 5.82 Å². The highest BCUT2D eigenvalue weighted by Gasteiger charge is 2.31. The Morgan fingerprint density at radius 1 is 1.42 bits per heavy atom. The minimum absolute atomic E-state index is 0.0163. The van der Waals surface area contributed by atoms with Crippen molar-refractivity contribution in [3.8, 4) is 0 Å². The van der Waals surface area contributed by atoms with E-state index in [9.17, 15) is 22.4 Å². The minimum Gasteiger partial charge on any atom is -0.355 e. The fraction of sp³-hybridized carbons (Fsp3) is 0.500. The van der Waals surface area contributed by atoms with Crippen LogP contribution in [0.15, 0.2) is 18.2 Å². The maximum absolute atomic E-state index is 13.4. The van der Waals surface area contributed by atoms with Gasteiger partial charge in [-0.2, -0.15) is 0 Å². The zero-order valence-corrected chi connectivity index (χ0v) is 14.5.